The molecule has 3 heterocycles. The first-order chi connectivity index (χ1) is 9.71. The van der Waals surface area contributed by atoms with Crippen LogP contribution in [0.1, 0.15) is 12.0 Å². The number of hydrogen-bond donors (Lipinski definition) is 0. The van der Waals surface area contributed by atoms with Gasteiger partial charge in [0, 0.05) is 51.1 Å². The van der Waals surface area contributed by atoms with E-state index in [4.69, 9.17) is 4.74 Å². The Balaban J connectivity index is 1.50. The number of pyridine rings is 1. The van der Waals surface area contributed by atoms with E-state index < -0.39 is 0 Å². The maximum atomic E-state index is 11.7. The van der Waals surface area contributed by atoms with E-state index in [0.717, 1.165) is 32.7 Å². The maximum Gasteiger partial charge on any atom is 0.248 e. The van der Waals surface area contributed by atoms with Crippen molar-refractivity contribution in [1.82, 2.24) is 14.8 Å². The first-order valence-corrected chi connectivity index (χ1v) is 7.09. The van der Waals surface area contributed by atoms with Gasteiger partial charge in [-0.1, -0.05) is 0 Å². The summed E-state index contributed by atoms with van der Waals surface area (Å²) >= 11 is 0. The normalized spacial score (nSPS) is 21.1. The van der Waals surface area contributed by atoms with Crippen LogP contribution in [0.15, 0.2) is 24.5 Å². The molecule has 0 bridgehead atoms. The predicted octanol–water partition coefficient (Wildman–Crippen LogP) is 0.762. The van der Waals surface area contributed by atoms with Crippen molar-refractivity contribution in [2.24, 2.45) is 5.41 Å². The number of likely N-dealkylation sites (tertiary alicyclic amines) is 2. The van der Waals surface area contributed by atoms with Crippen molar-refractivity contribution in [3.63, 3.8) is 0 Å². The standard InChI is InChI=1S/C15H21N3O2/c1-20-9-14(19)18-11-15(12-18)4-7-17(10-15)8-13-2-5-16-6-3-13/h2-3,5-6H,4,7-12H2,1H3. The number of aromatic nitrogens is 1. The van der Waals surface area contributed by atoms with Gasteiger partial charge in [-0.05, 0) is 30.7 Å². The van der Waals surface area contributed by atoms with Crippen molar-refractivity contribution in [3.05, 3.63) is 30.1 Å². The molecule has 0 saturated carbocycles. The second kappa shape index (κ2) is 5.50. The van der Waals surface area contributed by atoms with Crippen LogP contribution in [0.2, 0.25) is 0 Å². The summed E-state index contributed by atoms with van der Waals surface area (Å²) in [4.78, 5) is 20.2. The lowest BCUT2D eigenvalue weighted by Gasteiger charge is -2.48. The molecule has 1 spiro atoms. The third-order valence-corrected chi connectivity index (χ3v) is 4.35. The molecule has 1 amide bonds. The second-order valence-electron chi connectivity index (χ2n) is 6.00. The summed E-state index contributed by atoms with van der Waals surface area (Å²) in [5.74, 6) is 0.116. The smallest absolute Gasteiger partial charge is 0.248 e. The van der Waals surface area contributed by atoms with Gasteiger partial charge in [-0.15, -0.1) is 0 Å². The fourth-order valence-electron chi connectivity index (χ4n) is 3.32. The summed E-state index contributed by atoms with van der Waals surface area (Å²) in [6.07, 6.45) is 4.88. The van der Waals surface area contributed by atoms with Crippen molar-refractivity contribution < 1.29 is 9.53 Å². The second-order valence-corrected chi connectivity index (χ2v) is 6.00. The van der Waals surface area contributed by atoms with E-state index in [2.05, 4.69) is 22.0 Å². The number of rotatable bonds is 4. The van der Waals surface area contributed by atoms with Crippen LogP contribution in [-0.4, -0.2) is 60.6 Å². The Hall–Kier alpha value is -1.46. The zero-order valence-electron chi connectivity index (χ0n) is 11.9. The summed E-state index contributed by atoms with van der Waals surface area (Å²) in [6.45, 7) is 5.18. The highest BCUT2D eigenvalue weighted by Gasteiger charge is 2.48. The minimum Gasteiger partial charge on any atom is -0.375 e. The zero-order valence-corrected chi connectivity index (χ0v) is 11.9. The topological polar surface area (TPSA) is 45.7 Å². The van der Waals surface area contributed by atoms with Gasteiger partial charge in [0.2, 0.25) is 5.91 Å². The Labute approximate surface area is 119 Å². The van der Waals surface area contributed by atoms with Gasteiger partial charge < -0.3 is 9.64 Å². The van der Waals surface area contributed by atoms with Gasteiger partial charge in [-0.25, -0.2) is 0 Å². The summed E-state index contributed by atoms with van der Waals surface area (Å²) in [5, 5.41) is 0. The van der Waals surface area contributed by atoms with Crippen molar-refractivity contribution in [2.45, 2.75) is 13.0 Å². The van der Waals surface area contributed by atoms with E-state index in [1.165, 1.54) is 12.0 Å². The zero-order chi connectivity index (χ0) is 14.0. The molecule has 0 N–H and O–H groups in total. The van der Waals surface area contributed by atoms with Gasteiger partial charge in [0.1, 0.15) is 6.61 Å². The number of methoxy groups -OCH3 is 1. The first kappa shape index (κ1) is 13.5. The molecule has 108 valence electrons. The van der Waals surface area contributed by atoms with Crippen molar-refractivity contribution >= 4 is 5.91 Å². The Morgan fingerprint density at radius 2 is 2.10 bits per heavy atom. The molecule has 2 saturated heterocycles. The minimum absolute atomic E-state index is 0.116. The fraction of sp³-hybridized carbons (Fsp3) is 0.600. The molecule has 2 fully saturated rings. The SMILES string of the molecule is COCC(=O)N1CC2(CCN(Cc3ccncc3)C2)C1. The summed E-state index contributed by atoms with van der Waals surface area (Å²) < 4.78 is 4.90. The monoisotopic (exact) mass is 275 g/mol. The van der Waals surface area contributed by atoms with Gasteiger partial charge in [-0.2, -0.15) is 0 Å². The van der Waals surface area contributed by atoms with Gasteiger partial charge in [0.05, 0.1) is 0 Å². The number of hydrogen-bond acceptors (Lipinski definition) is 4. The average molecular weight is 275 g/mol. The van der Waals surface area contributed by atoms with Gasteiger partial charge in [0.15, 0.2) is 0 Å². The van der Waals surface area contributed by atoms with E-state index >= 15 is 0 Å². The molecule has 1 aromatic rings. The molecule has 0 atom stereocenters. The van der Waals surface area contributed by atoms with Gasteiger partial charge >= 0.3 is 0 Å². The van der Waals surface area contributed by atoms with E-state index in [1.54, 1.807) is 7.11 Å². The van der Waals surface area contributed by atoms with Crippen LogP contribution in [0.5, 0.6) is 0 Å². The van der Waals surface area contributed by atoms with Crippen molar-refractivity contribution in [3.8, 4) is 0 Å². The molecule has 0 unspecified atom stereocenters. The van der Waals surface area contributed by atoms with E-state index in [0.29, 0.717) is 5.41 Å². The Bertz CT molecular complexity index is 471. The van der Waals surface area contributed by atoms with Crippen LogP contribution in [0, 0.1) is 5.41 Å². The molecule has 1 aromatic heterocycles. The highest BCUT2D eigenvalue weighted by molar-refractivity contribution is 5.78. The number of carbonyl (C=O) groups excluding carboxylic acids is 1. The molecule has 0 radical (unpaired) electrons. The lowest BCUT2D eigenvalue weighted by Crippen LogP contribution is -2.60. The largest absolute Gasteiger partial charge is 0.375 e. The third-order valence-electron chi connectivity index (χ3n) is 4.35. The number of ether oxygens (including phenoxy) is 1. The number of nitrogens with zero attached hydrogens (tertiary/aromatic N) is 3. The Kier molecular flexibility index (Phi) is 3.72. The van der Waals surface area contributed by atoms with E-state index in [9.17, 15) is 4.79 Å². The molecule has 0 aliphatic carbocycles. The summed E-state index contributed by atoms with van der Waals surface area (Å²) in [5.41, 5.74) is 1.64. The van der Waals surface area contributed by atoms with Gasteiger partial charge in [-0.3, -0.25) is 14.7 Å². The number of amides is 1. The highest BCUT2D eigenvalue weighted by atomic mass is 16.5. The molecule has 2 aliphatic rings. The van der Waals surface area contributed by atoms with Crippen LogP contribution in [0.3, 0.4) is 0 Å². The molecule has 20 heavy (non-hydrogen) atoms. The molecule has 2 aliphatic heterocycles. The van der Waals surface area contributed by atoms with E-state index in [-0.39, 0.29) is 12.5 Å². The van der Waals surface area contributed by atoms with Crippen LogP contribution in [0.25, 0.3) is 0 Å². The van der Waals surface area contributed by atoms with Gasteiger partial charge in [0.25, 0.3) is 0 Å². The average Bonchev–Trinajstić information content (AvgIpc) is 2.83. The van der Waals surface area contributed by atoms with Crippen LogP contribution < -0.4 is 0 Å². The molecule has 5 nitrogen and oxygen atoms in total. The third kappa shape index (κ3) is 2.69. The fourth-order valence-corrected chi connectivity index (χ4v) is 3.32. The minimum atomic E-state index is 0.116. The van der Waals surface area contributed by atoms with Crippen molar-refractivity contribution in [1.29, 1.82) is 0 Å². The Morgan fingerprint density at radius 1 is 1.35 bits per heavy atom. The molecular weight excluding hydrogens is 254 g/mol. The Morgan fingerprint density at radius 3 is 2.80 bits per heavy atom. The van der Waals surface area contributed by atoms with Crippen LogP contribution >= 0.6 is 0 Å². The summed E-state index contributed by atoms with van der Waals surface area (Å²) in [7, 11) is 1.57. The van der Waals surface area contributed by atoms with E-state index in [1.807, 2.05) is 17.3 Å². The summed E-state index contributed by atoms with van der Waals surface area (Å²) in [6, 6.07) is 4.14. The predicted molar refractivity (Wildman–Crippen MR) is 75.0 cm³/mol. The highest BCUT2D eigenvalue weighted by Crippen LogP contribution is 2.39. The lowest BCUT2D eigenvalue weighted by molar-refractivity contribution is -0.146. The van der Waals surface area contributed by atoms with Crippen LogP contribution in [0.4, 0.5) is 0 Å². The molecular formula is C15H21N3O2. The van der Waals surface area contributed by atoms with Crippen LogP contribution in [-0.2, 0) is 16.1 Å². The first-order valence-electron chi connectivity index (χ1n) is 7.09. The number of carbonyl (C=O) groups is 1. The lowest BCUT2D eigenvalue weighted by atomic mass is 9.79. The molecule has 3 rings (SSSR count). The quantitative estimate of drug-likeness (QED) is 0.814. The maximum absolute atomic E-state index is 11.7. The van der Waals surface area contributed by atoms with Crippen molar-refractivity contribution in [2.75, 3.05) is 39.9 Å². The molecule has 5 heteroatoms. The molecule has 0 aromatic carbocycles.